The Bertz CT molecular complexity index is 1090. The van der Waals surface area contributed by atoms with Gasteiger partial charge in [-0.15, -0.1) is 0 Å². The van der Waals surface area contributed by atoms with E-state index < -0.39 is 29.3 Å². The number of benzene rings is 1. The highest BCUT2D eigenvalue weighted by Gasteiger charge is 2.36. The smallest absolute Gasteiger partial charge is 0.337 e. The van der Waals surface area contributed by atoms with E-state index in [0.29, 0.717) is 35.6 Å². The van der Waals surface area contributed by atoms with Gasteiger partial charge in [0, 0.05) is 41.7 Å². The van der Waals surface area contributed by atoms with Crippen molar-refractivity contribution in [3.05, 3.63) is 41.2 Å². The average molecular weight is 491 g/mol. The van der Waals surface area contributed by atoms with Crippen LogP contribution in [0.4, 0.5) is 14.5 Å². The molecule has 1 aromatic carbocycles. The summed E-state index contributed by atoms with van der Waals surface area (Å²) in [7, 11) is 0. The first-order chi connectivity index (χ1) is 16.3. The largest absolute Gasteiger partial charge is 0.491 e. The first-order valence-corrected chi connectivity index (χ1v) is 12.0. The lowest BCUT2D eigenvalue weighted by Crippen LogP contribution is -2.39. The molecule has 1 saturated heterocycles. The number of carboxylic acid groups (broad SMARTS) is 1. The minimum atomic E-state index is -1.33. The molecule has 0 bridgehead atoms. The van der Waals surface area contributed by atoms with Gasteiger partial charge in [-0.05, 0) is 65.0 Å². The van der Waals surface area contributed by atoms with Crippen LogP contribution < -0.4 is 9.64 Å². The summed E-state index contributed by atoms with van der Waals surface area (Å²) in [4.78, 5) is 18.9. The van der Waals surface area contributed by atoms with E-state index in [1.807, 2.05) is 0 Å². The van der Waals surface area contributed by atoms with Gasteiger partial charge in [0.1, 0.15) is 0 Å². The molecule has 1 aliphatic rings. The summed E-state index contributed by atoms with van der Waals surface area (Å²) >= 11 is 0. The van der Waals surface area contributed by atoms with Crippen molar-refractivity contribution >= 4 is 11.7 Å². The molecule has 1 aliphatic heterocycles. The van der Waals surface area contributed by atoms with E-state index in [1.165, 1.54) is 18.3 Å². The number of nitrogens with zero attached hydrogens (tertiary/aromatic N) is 2. The van der Waals surface area contributed by atoms with Crippen LogP contribution in [0, 0.1) is 24.0 Å². The number of hydrogen-bond acceptors (Lipinski definition) is 5. The molecule has 0 radical (unpaired) electrons. The fourth-order valence-electron chi connectivity index (χ4n) is 4.39. The summed E-state index contributed by atoms with van der Waals surface area (Å²) in [5.41, 5.74) is 1.04. The summed E-state index contributed by atoms with van der Waals surface area (Å²) in [6.45, 7) is 14.6. The number of aryl methyl sites for hydroxylation is 1. The second-order valence-corrected chi connectivity index (χ2v) is 10.8. The Kier molecular flexibility index (Phi) is 7.74. The number of rotatable bonds is 7. The van der Waals surface area contributed by atoms with E-state index in [4.69, 9.17) is 9.47 Å². The molecule has 2 aromatic rings. The molecule has 0 spiro atoms. The standard InChI is InChI=1S/C27H36F2N2O4/c1-8-34-19-10-9-17(21(28)22(19)29)18-15-30-16(2)20(24(25(32)33)35-26(3,4)5)23(18)31-13-11-27(6,7)12-14-31/h9-10,15,24H,8,11-14H2,1-7H3,(H,32,33). The number of halogens is 2. The van der Waals surface area contributed by atoms with E-state index in [-0.39, 0.29) is 23.3 Å². The number of aliphatic carboxylic acids is 1. The zero-order chi connectivity index (χ0) is 26.1. The molecule has 8 heteroatoms. The highest BCUT2D eigenvalue weighted by atomic mass is 19.2. The molecular weight excluding hydrogens is 454 g/mol. The summed E-state index contributed by atoms with van der Waals surface area (Å²) in [6.07, 6.45) is 1.89. The molecule has 6 nitrogen and oxygen atoms in total. The van der Waals surface area contributed by atoms with Gasteiger partial charge < -0.3 is 19.5 Å². The summed E-state index contributed by atoms with van der Waals surface area (Å²) in [5.74, 6) is -3.48. The Morgan fingerprint density at radius 2 is 1.80 bits per heavy atom. The Morgan fingerprint density at radius 3 is 2.34 bits per heavy atom. The Hall–Kier alpha value is -2.74. The number of piperidine rings is 1. The van der Waals surface area contributed by atoms with Gasteiger partial charge in [0.25, 0.3) is 0 Å². The van der Waals surface area contributed by atoms with Crippen molar-refractivity contribution in [1.29, 1.82) is 0 Å². The van der Waals surface area contributed by atoms with Crippen LogP contribution in [0.2, 0.25) is 0 Å². The van der Waals surface area contributed by atoms with Gasteiger partial charge in [0.2, 0.25) is 5.82 Å². The molecular formula is C27H36F2N2O4. The average Bonchev–Trinajstić information content (AvgIpc) is 2.75. The number of pyridine rings is 1. The van der Waals surface area contributed by atoms with Crippen molar-refractivity contribution < 1.29 is 28.2 Å². The second kappa shape index (κ2) is 10.1. The van der Waals surface area contributed by atoms with Crippen molar-refractivity contribution in [2.24, 2.45) is 5.41 Å². The van der Waals surface area contributed by atoms with Crippen LogP contribution in [0.1, 0.15) is 71.7 Å². The third-order valence-electron chi connectivity index (χ3n) is 6.32. The number of anilines is 1. The van der Waals surface area contributed by atoms with Crippen LogP contribution in [-0.4, -0.2) is 41.4 Å². The number of ether oxygens (including phenoxy) is 2. The van der Waals surface area contributed by atoms with Crippen LogP contribution in [0.3, 0.4) is 0 Å². The maximum absolute atomic E-state index is 15.4. The van der Waals surface area contributed by atoms with Crippen molar-refractivity contribution in [3.63, 3.8) is 0 Å². The Balaban J connectivity index is 2.28. The summed E-state index contributed by atoms with van der Waals surface area (Å²) < 4.78 is 41.4. The molecule has 35 heavy (non-hydrogen) atoms. The third kappa shape index (κ3) is 5.92. The van der Waals surface area contributed by atoms with Crippen LogP contribution >= 0.6 is 0 Å². The lowest BCUT2D eigenvalue weighted by molar-refractivity contribution is -0.160. The van der Waals surface area contributed by atoms with Crippen LogP contribution in [0.25, 0.3) is 11.1 Å². The highest BCUT2D eigenvalue weighted by molar-refractivity contribution is 5.86. The first kappa shape index (κ1) is 26.9. The molecule has 3 rings (SSSR count). The van der Waals surface area contributed by atoms with Gasteiger partial charge in [-0.3, -0.25) is 4.98 Å². The summed E-state index contributed by atoms with van der Waals surface area (Å²) in [6, 6.07) is 2.84. The van der Waals surface area contributed by atoms with Crippen molar-refractivity contribution in [1.82, 2.24) is 4.98 Å². The molecule has 0 aliphatic carbocycles. The molecule has 2 heterocycles. The van der Waals surface area contributed by atoms with Crippen molar-refractivity contribution in [2.75, 3.05) is 24.6 Å². The lowest BCUT2D eigenvalue weighted by atomic mass is 9.82. The zero-order valence-corrected chi connectivity index (χ0v) is 21.7. The van der Waals surface area contributed by atoms with Gasteiger partial charge in [-0.25, -0.2) is 9.18 Å². The molecule has 1 fully saturated rings. The van der Waals surface area contributed by atoms with E-state index in [1.54, 1.807) is 34.6 Å². The normalized spacial score (nSPS) is 16.8. The van der Waals surface area contributed by atoms with Crippen LogP contribution in [0.15, 0.2) is 18.3 Å². The predicted molar refractivity (Wildman–Crippen MR) is 132 cm³/mol. The van der Waals surface area contributed by atoms with Gasteiger partial charge >= 0.3 is 5.97 Å². The molecule has 1 N–H and O–H groups in total. The minimum absolute atomic E-state index is 0.000524. The molecule has 1 unspecified atom stereocenters. The fourth-order valence-corrected chi connectivity index (χ4v) is 4.39. The molecule has 1 aromatic heterocycles. The Morgan fingerprint density at radius 1 is 1.17 bits per heavy atom. The minimum Gasteiger partial charge on any atom is -0.491 e. The lowest BCUT2D eigenvalue weighted by Gasteiger charge is -2.41. The monoisotopic (exact) mass is 490 g/mol. The quantitative estimate of drug-likeness (QED) is 0.491. The van der Waals surface area contributed by atoms with Crippen LogP contribution in [0.5, 0.6) is 5.75 Å². The number of aromatic nitrogens is 1. The molecule has 0 amide bonds. The van der Waals surface area contributed by atoms with Gasteiger partial charge in [0.15, 0.2) is 17.7 Å². The maximum Gasteiger partial charge on any atom is 0.337 e. The predicted octanol–water partition coefficient (Wildman–Crippen LogP) is 6.30. The van der Waals surface area contributed by atoms with E-state index in [0.717, 1.165) is 12.8 Å². The number of hydrogen-bond donors (Lipinski definition) is 1. The molecule has 0 saturated carbocycles. The Labute approximate surface area is 206 Å². The number of carboxylic acids is 1. The maximum atomic E-state index is 15.4. The topological polar surface area (TPSA) is 71.9 Å². The third-order valence-corrected chi connectivity index (χ3v) is 6.32. The van der Waals surface area contributed by atoms with Gasteiger partial charge in [-0.1, -0.05) is 13.8 Å². The second-order valence-electron chi connectivity index (χ2n) is 10.8. The number of carbonyl (C=O) groups is 1. The fraction of sp³-hybridized carbons (Fsp3) is 0.556. The van der Waals surface area contributed by atoms with E-state index in [2.05, 4.69) is 23.7 Å². The van der Waals surface area contributed by atoms with E-state index >= 15 is 4.39 Å². The molecule has 192 valence electrons. The van der Waals surface area contributed by atoms with E-state index in [9.17, 15) is 14.3 Å². The first-order valence-electron chi connectivity index (χ1n) is 12.0. The molecule has 1 atom stereocenters. The van der Waals surface area contributed by atoms with Crippen molar-refractivity contribution in [2.45, 2.75) is 73.0 Å². The SMILES string of the molecule is CCOc1ccc(-c2cnc(C)c(C(OC(C)(C)C)C(=O)O)c2N2CCC(C)(C)CC2)c(F)c1F. The van der Waals surface area contributed by atoms with Crippen LogP contribution in [-0.2, 0) is 9.53 Å². The summed E-state index contributed by atoms with van der Waals surface area (Å²) in [5, 5.41) is 10.2. The highest BCUT2D eigenvalue weighted by Crippen LogP contribution is 2.44. The van der Waals surface area contributed by atoms with Gasteiger partial charge in [0.05, 0.1) is 17.9 Å². The zero-order valence-electron chi connectivity index (χ0n) is 21.7. The van der Waals surface area contributed by atoms with Gasteiger partial charge in [-0.2, -0.15) is 4.39 Å². The van der Waals surface area contributed by atoms with Crippen molar-refractivity contribution in [3.8, 4) is 16.9 Å².